The summed E-state index contributed by atoms with van der Waals surface area (Å²) >= 11 is 1.90. The maximum atomic E-state index is 10.8. The lowest BCUT2D eigenvalue weighted by Gasteiger charge is -2.19. The number of aromatic carboxylic acids is 1. The highest BCUT2D eigenvalue weighted by Gasteiger charge is 2.21. The topological polar surface area (TPSA) is 63.3 Å². The van der Waals surface area contributed by atoms with E-state index in [1.807, 2.05) is 11.8 Å². The molecule has 1 aromatic heterocycles. The van der Waals surface area contributed by atoms with Crippen LogP contribution in [-0.4, -0.2) is 27.2 Å². The molecular weight excluding hydrogens is 214 g/mol. The van der Waals surface area contributed by atoms with Crippen molar-refractivity contribution < 1.29 is 14.4 Å². The number of thioether (sulfide) groups is 1. The van der Waals surface area contributed by atoms with Gasteiger partial charge in [0.2, 0.25) is 0 Å². The van der Waals surface area contributed by atoms with Gasteiger partial charge >= 0.3 is 5.97 Å². The quantitative estimate of drug-likeness (QED) is 0.857. The van der Waals surface area contributed by atoms with E-state index in [9.17, 15) is 4.79 Å². The molecule has 1 atom stereocenters. The average molecular weight is 227 g/mol. The van der Waals surface area contributed by atoms with Crippen molar-refractivity contribution in [2.75, 3.05) is 5.75 Å². The lowest BCUT2D eigenvalue weighted by Crippen LogP contribution is -2.13. The Balaban J connectivity index is 2.03. The second-order valence-electron chi connectivity index (χ2n) is 3.66. The summed E-state index contributed by atoms with van der Waals surface area (Å²) in [7, 11) is 0. The summed E-state index contributed by atoms with van der Waals surface area (Å²) in [4.78, 5) is 10.8. The second kappa shape index (κ2) is 4.70. The van der Waals surface area contributed by atoms with Crippen LogP contribution >= 0.6 is 11.8 Å². The minimum Gasteiger partial charge on any atom is -0.478 e. The Hall–Kier alpha value is -0.970. The second-order valence-corrected chi connectivity index (χ2v) is 5.07. The van der Waals surface area contributed by atoms with Crippen LogP contribution in [0.4, 0.5) is 0 Å². The van der Waals surface area contributed by atoms with Crippen molar-refractivity contribution in [3.05, 3.63) is 17.5 Å². The Labute approximate surface area is 92.0 Å². The van der Waals surface area contributed by atoms with Gasteiger partial charge in [0.25, 0.3) is 0 Å². The Bertz CT molecular complexity index is 344. The monoisotopic (exact) mass is 227 g/mol. The van der Waals surface area contributed by atoms with Crippen molar-refractivity contribution in [1.82, 2.24) is 5.16 Å². The number of hydrogen-bond acceptors (Lipinski definition) is 4. The number of carboxylic acids is 1. The van der Waals surface area contributed by atoms with Crippen LogP contribution in [0, 0.1) is 0 Å². The van der Waals surface area contributed by atoms with Gasteiger partial charge in [0.15, 0.2) is 5.76 Å². The summed E-state index contributed by atoms with van der Waals surface area (Å²) in [5.41, 5.74) is 0.209. The van der Waals surface area contributed by atoms with Gasteiger partial charge < -0.3 is 9.63 Å². The van der Waals surface area contributed by atoms with Gasteiger partial charge in [-0.05, 0) is 18.6 Å². The molecule has 2 heterocycles. The van der Waals surface area contributed by atoms with Gasteiger partial charge in [0.1, 0.15) is 5.56 Å². The molecule has 0 aromatic carbocycles. The molecule has 1 unspecified atom stereocenters. The van der Waals surface area contributed by atoms with Gasteiger partial charge in [0, 0.05) is 11.7 Å². The molecule has 4 nitrogen and oxygen atoms in total. The Kier molecular flexibility index (Phi) is 3.30. The minimum absolute atomic E-state index is 0.209. The molecule has 1 aliphatic heterocycles. The maximum absolute atomic E-state index is 10.8. The SMILES string of the molecule is O=C(O)c1cnoc1CC1CCCCS1. The van der Waals surface area contributed by atoms with Crippen LogP contribution in [0.3, 0.4) is 0 Å². The first-order chi connectivity index (χ1) is 7.27. The molecule has 1 aliphatic rings. The van der Waals surface area contributed by atoms with Crippen molar-refractivity contribution in [1.29, 1.82) is 0 Å². The molecule has 0 amide bonds. The zero-order valence-electron chi connectivity index (χ0n) is 8.31. The van der Waals surface area contributed by atoms with Crippen molar-refractivity contribution >= 4 is 17.7 Å². The molecule has 0 bridgehead atoms. The van der Waals surface area contributed by atoms with E-state index in [-0.39, 0.29) is 5.56 Å². The van der Waals surface area contributed by atoms with E-state index < -0.39 is 5.97 Å². The third-order valence-electron chi connectivity index (χ3n) is 2.56. The highest BCUT2D eigenvalue weighted by molar-refractivity contribution is 7.99. The van der Waals surface area contributed by atoms with E-state index in [2.05, 4.69) is 5.16 Å². The summed E-state index contributed by atoms with van der Waals surface area (Å²) in [5.74, 6) is 0.732. The van der Waals surface area contributed by atoms with Crippen LogP contribution in [0.1, 0.15) is 35.4 Å². The van der Waals surface area contributed by atoms with Gasteiger partial charge in [0.05, 0.1) is 6.20 Å². The third kappa shape index (κ3) is 2.53. The fourth-order valence-corrected chi connectivity index (χ4v) is 3.07. The predicted octanol–water partition coefficient (Wildman–Crippen LogP) is 2.20. The lowest BCUT2D eigenvalue weighted by molar-refractivity contribution is 0.0694. The highest BCUT2D eigenvalue weighted by Crippen LogP contribution is 2.28. The smallest absolute Gasteiger partial charge is 0.340 e. The van der Waals surface area contributed by atoms with Crippen LogP contribution in [0.5, 0.6) is 0 Å². The highest BCUT2D eigenvalue weighted by atomic mass is 32.2. The number of nitrogens with zero attached hydrogens (tertiary/aromatic N) is 1. The van der Waals surface area contributed by atoms with Crippen molar-refractivity contribution in [2.24, 2.45) is 0 Å². The van der Waals surface area contributed by atoms with Gasteiger partial charge in [-0.1, -0.05) is 11.6 Å². The van der Waals surface area contributed by atoms with Gasteiger partial charge in [-0.3, -0.25) is 0 Å². The van der Waals surface area contributed by atoms with Crippen LogP contribution < -0.4 is 0 Å². The van der Waals surface area contributed by atoms with Crippen molar-refractivity contribution in [2.45, 2.75) is 30.9 Å². The van der Waals surface area contributed by atoms with Gasteiger partial charge in [-0.25, -0.2) is 4.79 Å². The molecule has 0 saturated carbocycles. The summed E-state index contributed by atoms with van der Waals surface area (Å²) in [6, 6.07) is 0. The summed E-state index contributed by atoms with van der Waals surface area (Å²) in [5, 5.41) is 12.9. The lowest BCUT2D eigenvalue weighted by atomic mass is 10.1. The van der Waals surface area contributed by atoms with E-state index >= 15 is 0 Å². The first-order valence-electron chi connectivity index (χ1n) is 5.06. The standard InChI is InChI=1S/C10H13NO3S/c12-10(13)8-6-11-14-9(8)5-7-3-1-2-4-15-7/h6-7H,1-5H2,(H,12,13). The zero-order chi connectivity index (χ0) is 10.7. The molecule has 0 aliphatic carbocycles. The zero-order valence-corrected chi connectivity index (χ0v) is 9.13. The number of rotatable bonds is 3. The van der Waals surface area contributed by atoms with Crippen LogP contribution in [0.15, 0.2) is 10.7 Å². The first kappa shape index (κ1) is 10.5. The molecule has 2 rings (SSSR count). The first-order valence-corrected chi connectivity index (χ1v) is 6.10. The van der Waals surface area contributed by atoms with E-state index in [0.29, 0.717) is 17.4 Å². The molecule has 0 radical (unpaired) electrons. The summed E-state index contributed by atoms with van der Waals surface area (Å²) in [6.07, 6.45) is 5.61. The number of carbonyl (C=O) groups is 1. The molecule has 1 N–H and O–H groups in total. The van der Waals surface area contributed by atoms with Crippen molar-refractivity contribution in [3.8, 4) is 0 Å². The normalized spacial score (nSPS) is 21.5. The Morgan fingerprint density at radius 2 is 2.53 bits per heavy atom. The van der Waals surface area contributed by atoms with E-state index in [4.69, 9.17) is 9.63 Å². The molecule has 15 heavy (non-hydrogen) atoms. The molecule has 1 fully saturated rings. The number of aromatic nitrogens is 1. The van der Waals surface area contributed by atoms with E-state index in [1.165, 1.54) is 24.8 Å². The third-order valence-corrected chi connectivity index (χ3v) is 3.96. The molecule has 0 spiro atoms. The molecule has 1 aromatic rings. The molecular formula is C10H13NO3S. The molecule has 5 heteroatoms. The predicted molar refractivity (Wildman–Crippen MR) is 57.3 cm³/mol. The number of hydrogen-bond donors (Lipinski definition) is 1. The maximum Gasteiger partial charge on any atom is 0.340 e. The largest absolute Gasteiger partial charge is 0.478 e. The van der Waals surface area contributed by atoms with Crippen LogP contribution in [0.25, 0.3) is 0 Å². The number of carboxylic acid groups (broad SMARTS) is 1. The van der Waals surface area contributed by atoms with E-state index in [0.717, 1.165) is 6.42 Å². The fourth-order valence-electron chi connectivity index (χ4n) is 1.76. The molecule has 82 valence electrons. The van der Waals surface area contributed by atoms with Gasteiger partial charge in [-0.15, -0.1) is 0 Å². The van der Waals surface area contributed by atoms with Crippen molar-refractivity contribution in [3.63, 3.8) is 0 Å². The average Bonchev–Trinajstić information content (AvgIpc) is 2.67. The molecule has 1 saturated heterocycles. The fraction of sp³-hybridized carbons (Fsp3) is 0.600. The Morgan fingerprint density at radius 1 is 1.67 bits per heavy atom. The van der Waals surface area contributed by atoms with E-state index in [1.54, 1.807) is 0 Å². The summed E-state index contributed by atoms with van der Waals surface area (Å²) < 4.78 is 4.98. The minimum atomic E-state index is -0.952. The summed E-state index contributed by atoms with van der Waals surface area (Å²) in [6.45, 7) is 0. The van der Waals surface area contributed by atoms with Crippen LogP contribution in [0.2, 0.25) is 0 Å². The van der Waals surface area contributed by atoms with Crippen LogP contribution in [-0.2, 0) is 6.42 Å². The Morgan fingerprint density at radius 3 is 3.20 bits per heavy atom. The van der Waals surface area contributed by atoms with Gasteiger partial charge in [-0.2, -0.15) is 11.8 Å².